The second-order valence-electron chi connectivity index (χ2n) is 3.48. The number of rotatable bonds is 4. The molecule has 1 rings (SSSR count). The summed E-state index contributed by atoms with van der Waals surface area (Å²) in [4.78, 5) is 20.9. The second-order valence-corrected chi connectivity index (χ2v) is 3.48. The molecule has 0 atom stereocenters. The fraction of sp³-hybridized carbons (Fsp3) is 0.333. The van der Waals surface area contributed by atoms with Crippen molar-refractivity contribution >= 4 is 11.9 Å². The van der Waals surface area contributed by atoms with Crippen molar-refractivity contribution in [3.8, 4) is 0 Å². The Labute approximate surface area is 94.3 Å². The first-order valence-corrected chi connectivity index (χ1v) is 5.22. The van der Waals surface area contributed by atoms with Crippen LogP contribution in [0.3, 0.4) is 0 Å². The molecule has 0 saturated carbocycles. The number of nitrogens with one attached hydrogen (secondary N) is 1. The van der Waals surface area contributed by atoms with Gasteiger partial charge in [0.15, 0.2) is 0 Å². The van der Waals surface area contributed by atoms with Gasteiger partial charge in [-0.25, -0.2) is 4.79 Å². The third-order valence-corrected chi connectivity index (χ3v) is 2.32. The summed E-state index contributed by atoms with van der Waals surface area (Å²) in [6, 6.07) is 8.06. The Morgan fingerprint density at radius 2 is 1.75 bits per heavy atom. The minimum Gasteiger partial charge on any atom is -0.474 e. The van der Waals surface area contributed by atoms with Gasteiger partial charge in [-0.05, 0) is 24.0 Å². The molecule has 0 spiro atoms. The lowest BCUT2D eigenvalue weighted by Gasteiger charge is -2.03. The average Bonchev–Trinajstić information content (AvgIpc) is 2.29. The van der Waals surface area contributed by atoms with E-state index in [1.54, 1.807) is 0 Å². The lowest BCUT2D eigenvalue weighted by Crippen LogP contribution is -2.32. The smallest absolute Gasteiger partial charge is 0.394 e. The predicted molar refractivity (Wildman–Crippen MR) is 60.2 cm³/mol. The summed E-state index contributed by atoms with van der Waals surface area (Å²) in [6.45, 7) is 2.43. The van der Waals surface area contributed by atoms with Crippen molar-refractivity contribution in [2.24, 2.45) is 0 Å². The molecule has 1 aromatic carbocycles. The maximum atomic E-state index is 10.7. The number of carbonyl (C=O) groups excluding carboxylic acids is 1. The number of aliphatic carboxylic acids is 1. The van der Waals surface area contributed by atoms with Crippen LogP contribution >= 0.6 is 0 Å². The van der Waals surface area contributed by atoms with E-state index in [-0.39, 0.29) is 0 Å². The Bertz CT molecular complexity index is 370. The molecule has 0 radical (unpaired) electrons. The van der Waals surface area contributed by atoms with Crippen LogP contribution < -0.4 is 5.32 Å². The molecule has 0 aliphatic carbocycles. The zero-order valence-electron chi connectivity index (χ0n) is 9.19. The van der Waals surface area contributed by atoms with Gasteiger partial charge in [0.1, 0.15) is 0 Å². The number of carboxylic acids is 1. The van der Waals surface area contributed by atoms with E-state index in [1.165, 1.54) is 5.56 Å². The highest BCUT2D eigenvalue weighted by Gasteiger charge is 2.08. The number of benzene rings is 1. The van der Waals surface area contributed by atoms with Crippen LogP contribution in [0.4, 0.5) is 0 Å². The molecule has 0 saturated heterocycles. The van der Waals surface area contributed by atoms with Crippen LogP contribution in [-0.4, -0.2) is 23.5 Å². The summed E-state index contributed by atoms with van der Waals surface area (Å²) in [5, 5.41) is 10.7. The van der Waals surface area contributed by atoms with Crippen molar-refractivity contribution in [1.29, 1.82) is 0 Å². The van der Waals surface area contributed by atoms with Gasteiger partial charge < -0.3 is 10.4 Å². The highest BCUT2D eigenvalue weighted by atomic mass is 16.4. The molecule has 1 amide bonds. The summed E-state index contributed by atoms with van der Waals surface area (Å²) in [6.07, 6.45) is 1.64. The number of aryl methyl sites for hydroxylation is 1. The molecule has 4 nitrogen and oxygen atoms in total. The molecular formula is C12H15NO3. The van der Waals surface area contributed by atoms with Gasteiger partial charge in [-0.15, -0.1) is 0 Å². The van der Waals surface area contributed by atoms with Crippen molar-refractivity contribution in [1.82, 2.24) is 5.32 Å². The van der Waals surface area contributed by atoms with E-state index in [9.17, 15) is 9.59 Å². The monoisotopic (exact) mass is 221 g/mol. The summed E-state index contributed by atoms with van der Waals surface area (Å²) < 4.78 is 0. The van der Waals surface area contributed by atoms with Gasteiger partial charge >= 0.3 is 11.9 Å². The predicted octanol–water partition coefficient (Wildman–Crippen LogP) is 0.992. The average molecular weight is 221 g/mol. The highest BCUT2D eigenvalue weighted by molar-refractivity contribution is 6.31. The van der Waals surface area contributed by atoms with Gasteiger partial charge in [0, 0.05) is 6.54 Å². The van der Waals surface area contributed by atoms with E-state index in [4.69, 9.17) is 5.11 Å². The zero-order valence-corrected chi connectivity index (χ0v) is 9.19. The number of amides is 1. The van der Waals surface area contributed by atoms with Gasteiger partial charge in [0.2, 0.25) is 0 Å². The van der Waals surface area contributed by atoms with E-state index in [2.05, 4.69) is 12.2 Å². The Hall–Kier alpha value is -1.84. The topological polar surface area (TPSA) is 66.4 Å². The van der Waals surface area contributed by atoms with Crippen LogP contribution in [0.25, 0.3) is 0 Å². The first-order chi connectivity index (χ1) is 7.63. The molecule has 1 aromatic rings. The molecule has 0 fully saturated rings. The summed E-state index contributed by atoms with van der Waals surface area (Å²) in [5.74, 6) is -2.40. The van der Waals surface area contributed by atoms with E-state index in [0.29, 0.717) is 13.0 Å². The first kappa shape index (κ1) is 12.2. The fourth-order valence-electron chi connectivity index (χ4n) is 1.34. The lowest BCUT2D eigenvalue weighted by molar-refractivity contribution is -0.150. The SMILES string of the molecule is CCc1ccc(CCNC(=O)C(=O)O)cc1. The fourth-order valence-corrected chi connectivity index (χ4v) is 1.34. The number of carbonyl (C=O) groups is 2. The van der Waals surface area contributed by atoms with Crippen molar-refractivity contribution in [3.05, 3.63) is 35.4 Å². The van der Waals surface area contributed by atoms with E-state index < -0.39 is 11.9 Å². The molecule has 0 unspecified atom stereocenters. The Balaban J connectivity index is 2.37. The van der Waals surface area contributed by atoms with Gasteiger partial charge in [-0.2, -0.15) is 0 Å². The molecule has 2 N–H and O–H groups in total. The number of carboxylic acid groups (broad SMARTS) is 1. The maximum absolute atomic E-state index is 10.7. The summed E-state index contributed by atoms with van der Waals surface area (Å²) >= 11 is 0. The minimum atomic E-state index is -1.44. The molecule has 0 aliphatic heterocycles. The Kier molecular flexibility index (Phi) is 4.51. The van der Waals surface area contributed by atoms with Crippen LogP contribution in [0.1, 0.15) is 18.1 Å². The quantitative estimate of drug-likeness (QED) is 0.745. The molecule has 0 aromatic heterocycles. The summed E-state index contributed by atoms with van der Waals surface area (Å²) in [7, 11) is 0. The molecule has 0 bridgehead atoms. The molecule has 0 aliphatic rings. The lowest BCUT2D eigenvalue weighted by atomic mass is 10.1. The van der Waals surface area contributed by atoms with Gasteiger partial charge in [-0.1, -0.05) is 31.2 Å². The highest BCUT2D eigenvalue weighted by Crippen LogP contribution is 2.05. The van der Waals surface area contributed by atoms with Crippen LogP contribution in [0.15, 0.2) is 24.3 Å². The molecule has 16 heavy (non-hydrogen) atoms. The number of hydrogen-bond acceptors (Lipinski definition) is 2. The van der Waals surface area contributed by atoms with Crippen LogP contribution in [0.5, 0.6) is 0 Å². The van der Waals surface area contributed by atoms with Gasteiger partial charge in [0.25, 0.3) is 0 Å². The van der Waals surface area contributed by atoms with E-state index in [0.717, 1.165) is 12.0 Å². The second kappa shape index (κ2) is 5.90. The molecule has 86 valence electrons. The van der Waals surface area contributed by atoms with Crippen molar-refractivity contribution in [2.75, 3.05) is 6.54 Å². The van der Waals surface area contributed by atoms with Gasteiger partial charge in [0.05, 0.1) is 0 Å². The standard InChI is InChI=1S/C12H15NO3/c1-2-9-3-5-10(6-4-9)7-8-13-11(14)12(15)16/h3-6H,2,7-8H2,1H3,(H,13,14)(H,15,16). The molecule has 0 heterocycles. The van der Waals surface area contributed by atoms with Crippen molar-refractivity contribution in [2.45, 2.75) is 19.8 Å². The largest absolute Gasteiger partial charge is 0.474 e. The van der Waals surface area contributed by atoms with Crippen LogP contribution in [0.2, 0.25) is 0 Å². The van der Waals surface area contributed by atoms with Crippen molar-refractivity contribution < 1.29 is 14.7 Å². The van der Waals surface area contributed by atoms with Crippen molar-refractivity contribution in [3.63, 3.8) is 0 Å². The Morgan fingerprint density at radius 3 is 2.25 bits per heavy atom. The van der Waals surface area contributed by atoms with Gasteiger partial charge in [-0.3, -0.25) is 4.79 Å². The molecule has 4 heteroatoms. The number of hydrogen-bond donors (Lipinski definition) is 2. The Morgan fingerprint density at radius 1 is 1.19 bits per heavy atom. The van der Waals surface area contributed by atoms with Crippen LogP contribution in [-0.2, 0) is 22.4 Å². The van der Waals surface area contributed by atoms with E-state index >= 15 is 0 Å². The third-order valence-electron chi connectivity index (χ3n) is 2.32. The van der Waals surface area contributed by atoms with E-state index in [1.807, 2.05) is 24.3 Å². The normalized spacial score (nSPS) is 9.81. The third kappa shape index (κ3) is 3.73. The first-order valence-electron chi connectivity index (χ1n) is 5.22. The summed E-state index contributed by atoms with van der Waals surface area (Å²) in [5.41, 5.74) is 2.35. The van der Waals surface area contributed by atoms with Crippen LogP contribution in [0, 0.1) is 0 Å². The zero-order chi connectivity index (χ0) is 12.0. The molecular weight excluding hydrogens is 206 g/mol. The maximum Gasteiger partial charge on any atom is 0.394 e. The minimum absolute atomic E-state index is 0.344.